The van der Waals surface area contributed by atoms with E-state index in [0.29, 0.717) is 30.8 Å². The van der Waals surface area contributed by atoms with Crippen LogP contribution in [0, 0.1) is 5.41 Å². The highest BCUT2D eigenvalue weighted by atomic mass is 35.5. The largest absolute Gasteiger partial charge is 0.573 e. The number of sulfonamides is 1. The molecule has 196 valence electrons. The van der Waals surface area contributed by atoms with Gasteiger partial charge >= 0.3 is 12.5 Å². The molecule has 2 heterocycles. The second-order valence-electron chi connectivity index (χ2n) is 8.58. The number of nitrogens with zero attached hydrogens (tertiary/aromatic N) is 2. The zero-order valence-corrected chi connectivity index (χ0v) is 19.9. The lowest BCUT2D eigenvalue weighted by Gasteiger charge is -2.37. The van der Waals surface area contributed by atoms with Gasteiger partial charge in [0.05, 0.1) is 16.0 Å². The van der Waals surface area contributed by atoms with Crippen LogP contribution in [0.3, 0.4) is 0 Å². The van der Waals surface area contributed by atoms with Gasteiger partial charge in [0.2, 0.25) is 15.9 Å². The SMILES string of the molecule is O=C1N(c2ccc(OC(F)(F)F)cc2)CCC12CCN(S(=O)(=O)c1ccc(C(F)(F)F)cc1Cl)CC2. The van der Waals surface area contributed by atoms with Gasteiger partial charge < -0.3 is 9.64 Å². The Morgan fingerprint density at radius 2 is 1.47 bits per heavy atom. The van der Waals surface area contributed by atoms with Crippen molar-refractivity contribution in [2.24, 2.45) is 5.41 Å². The molecular formula is C22H19ClF6N2O4S. The van der Waals surface area contributed by atoms with Crippen LogP contribution in [0.2, 0.25) is 5.02 Å². The van der Waals surface area contributed by atoms with Gasteiger partial charge in [-0.1, -0.05) is 11.6 Å². The molecule has 0 atom stereocenters. The summed E-state index contributed by atoms with van der Waals surface area (Å²) in [5.74, 6) is -0.690. The van der Waals surface area contributed by atoms with Crippen molar-refractivity contribution in [3.8, 4) is 5.75 Å². The molecule has 0 saturated carbocycles. The Balaban J connectivity index is 1.45. The van der Waals surface area contributed by atoms with Crippen LogP contribution in [0.15, 0.2) is 47.4 Å². The first-order chi connectivity index (χ1) is 16.6. The molecule has 2 aliphatic heterocycles. The second-order valence-corrected chi connectivity index (χ2v) is 10.9. The standard InChI is InChI=1S/C22H19ClF6N2O4S/c23-17-13-14(21(24,25)26)1-6-18(17)36(33,34)30-10-7-20(8-11-30)9-12-31(19(20)32)15-2-4-16(5-3-15)35-22(27,28)29/h1-6,13H,7-12H2. The highest BCUT2D eigenvalue weighted by Crippen LogP contribution is 2.45. The van der Waals surface area contributed by atoms with Crippen molar-refractivity contribution in [1.82, 2.24) is 4.31 Å². The average molecular weight is 557 g/mol. The molecule has 0 N–H and O–H groups in total. The lowest BCUT2D eigenvalue weighted by molar-refractivity contribution is -0.274. The summed E-state index contributed by atoms with van der Waals surface area (Å²) < 4.78 is 107. The number of piperidine rings is 1. The van der Waals surface area contributed by atoms with Crippen LogP contribution < -0.4 is 9.64 Å². The zero-order chi connectivity index (χ0) is 26.5. The topological polar surface area (TPSA) is 66.9 Å². The van der Waals surface area contributed by atoms with E-state index in [9.17, 15) is 39.6 Å². The summed E-state index contributed by atoms with van der Waals surface area (Å²) >= 11 is 5.88. The van der Waals surface area contributed by atoms with Crippen molar-refractivity contribution in [2.45, 2.75) is 36.7 Å². The Labute approximate surface area is 207 Å². The summed E-state index contributed by atoms with van der Waals surface area (Å²) in [4.78, 5) is 14.2. The molecule has 1 spiro atoms. The van der Waals surface area contributed by atoms with Crippen molar-refractivity contribution in [3.63, 3.8) is 0 Å². The highest BCUT2D eigenvalue weighted by Gasteiger charge is 2.50. The third kappa shape index (κ3) is 5.14. The van der Waals surface area contributed by atoms with Crippen molar-refractivity contribution in [2.75, 3.05) is 24.5 Å². The smallest absolute Gasteiger partial charge is 0.406 e. The molecule has 0 aliphatic carbocycles. The van der Waals surface area contributed by atoms with Gasteiger partial charge in [0.25, 0.3) is 0 Å². The lowest BCUT2D eigenvalue weighted by Crippen LogP contribution is -2.46. The summed E-state index contributed by atoms with van der Waals surface area (Å²) in [6, 6.07) is 6.90. The van der Waals surface area contributed by atoms with Gasteiger partial charge in [0.15, 0.2) is 0 Å². The summed E-state index contributed by atoms with van der Waals surface area (Å²) in [5, 5.41) is -0.550. The normalized spacial score (nSPS) is 19.2. The molecule has 6 nitrogen and oxygen atoms in total. The predicted molar refractivity (Wildman–Crippen MR) is 117 cm³/mol. The summed E-state index contributed by atoms with van der Waals surface area (Å²) in [6.45, 7) is 0.213. The fourth-order valence-electron chi connectivity index (χ4n) is 4.54. The molecule has 2 saturated heterocycles. The van der Waals surface area contributed by atoms with Gasteiger partial charge in [0, 0.05) is 25.3 Å². The Bertz CT molecular complexity index is 1260. The first-order valence-electron chi connectivity index (χ1n) is 10.7. The van der Waals surface area contributed by atoms with Gasteiger partial charge in [0.1, 0.15) is 10.6 Å². The van der Waals surface area contributed by atoms with Gasteiger partial charge in [-0.3, -0.25) is 4.79 Å². The first-order valence-corrected chi connectivity index (χ1v) is 12.5. The van der Waals surface area contributed by atoms with Crippen LogP contribution in [0.5, 0.6) is 5.75 Å². The van der Waals surface area contributed by atoms with E-state index in [1.807, 2.05) is 0 Å². The van der Waals surface area contributed by atoms with Crippen molar-refractivity contribution >= 4 is 33.2 Å². The molecule has 0 bridgehead atoms. The van der Waals surface area contributed by atoms with Crippen LogP contribution in [0.25, 0.3) is 0 Å². The summed E-state index contributed by atoms with van der Waals surface area (Å²) in [5.41, 5.74) is -1.53. The van der Waals surface area contributed by atoms with Gasteiger partial charge in [-0.05, 0) is 61.7 Å². The molecule has 2 aromatic rings. The van der Waals surface area contributed by atoms with E-state index < -0.39 is 49.2 Å². The number of benzene rings is 2. The van der Waals surface area contributed by atoms with E-state index in [1.165, 1.54) is 17.0 Å². The van der Waals surface area contributed by atoms with Crippen LogP contribution >= 0.6 is 11.6 Å². The molecular weight excluding hydrogens is 538 g/mol. The Morgan fingerprint density at radius 3 is 2.00 bits per heavy atom. The minimum atomic E-state index is -4.84. The predicted octanol–water partition coefficient (Wildman–Crippen LogP) is 5.47. The molecule has 0 radical (unpaired) electrons. The Kier molecular flexibility index (Phi) is 6.71. The number of ether oxygens (including phenoxy) is 1. The van der Waals surface area contributed by atoms with Gasteiger partial charge in [-0.15, -0.1) is 13.2 Å². The summed E-state index contributed by atoms with van der Waals surface area (Å²) in [7, 11) is -4.20. The van der Waals surface area contributed by atoms with E-state index >= 15 is 0 Å². The number of halogens is 7. The lowest BCUT2D eigenvalue weighted by atomic mass is 9.77. The molecule has 2 aliphatic rings. The molecule has 2 aromatic carbocycles. The minimum absolute atomic E-state index is 0.0440. The maximum Gasteiger partial charge on any atom is 0.573 e. The van der Waals surface area contributed by atoms with Crippen molar-refractivity contribution < 1.29 is 44.3 Å². The zero-order valence-electron chi connectivity index (χ0n) is 18.4. The number of alkyl halides is 6. The van der Waals surface area contributed by atoms with Crippen molar-refractivity contribution in [3.05, 3.63) is 53.1 Å². The third-order valence-electron chi connectivity index (χ3n) is 6.45. The Hall–Kier alpha value is -2.51. The molecule has 1 amide bonds. The monoisotopic (exact) mass is 556 g/mol. The minimum Gasteiger partial charge on any atom is -0.406 e. The molecule has 36 heavy (non-hydrogen) atoms. The third-order valence-corrected chi connectivity index (χ3v) is 8.83. The van der Waals surface area contributed by atoms with E-state index in [-0.39, 0.29) is 31.8 Å². The van der Waals surface area contributed by atoms with E-state index in [2.05, 4.69) is 4.74 Å². The van der Waals surface area contributed by atoms with Crippen LogP contribution in [0.1, 0.15) is 24.8 Å². The molecule has 0 unspecified atom stereocenters. The molecule has 0 aromatic heterocycles. The highest BCUT2D eigenvalue weighted by molar-refractivity contribution is 7.89. The number of hydrogen-bond acceptors (Lipinski definition) is 4. The van der Waals surface area contributed by atoms with Crippen LogP contribution in [-0.4, -0.2) is 44.6 Å². The molecule has 14 heteroatoms. The maximum atomic E-state index is 13.2. The van der Waals surface area contributed by atoms with Crippen LogP contribution in [-0.2, 0) is 21.0 Å². The first kappa shape index (κ1) is 26.6. The quantitative estimate of drug-likeness (QED) is 0.469. The number of hydrogen-bond donors (Lipinski definition) is 0. The number of rotatable bonds is 4. The summed E-state index contributed by atoms with van der Waals surface area (Å²) in [6.07, 6.45) is -8.75. The van der Waals surface area contributed by atoms with E-state index in [1.54, 1.807) is 0 Å². The molecule has 2 fully saturated rings. The second kappa shape index (κ2) is 9.10. The van der Waals surface area contributed by atoms with Gasteiger partial charge in [-0.25, -0.2) is 8.42 Å². The average Bonchev–Trinajstić information content (AvgIpc) is 3.08. The van der Waals surface area contributed by atoms with Crippen LogP contribution in [0.4, 0.5) is 32.0 Å². The van der Waals surface area contributed by atoms with E-state index in [0.717, 1.165) is 22.5 Å². The van der Waals surface area contributed by atoms with Gasteiger partial charge in [-0.2, -0.15) is 17.5 Å². The maximum absolute atomic E-state index is 13.2. The fraction of sp³-hybridized carbons (Fsp3) is 0.409. The number of anilines is 1. The number of amides is 1. The molecule has 4 rings (SSSR count). The number of carbonyl (C=O) groups excluding carboxylic acids is 1. The number of carbonyl (C=O) groups is 1. The fourth-order valence-corrected chi connectivity index (χ4v) is 6.50. The van der Waals surface area contributed by atoms with Crippen molar-refractivity contribution in [1.29, 1.82) is 0 Å². The Morgan fingerprint density at radius 1 is 0.889 bits per heavy atom. The van der Waals surface area contributed by atoms with E-state index in [4.69, 9.17) is 11.6 Å².